The van der Waals surface area contributed by atoms with Crippen LogP contribution in [0.4, 0.5) is 10.5 Å². The number of hydrogen-bond donors (Lipinski definition) is 3. The van der Waals surface area contributed by atoms with Gasteiger partial charge in [-0.05, 0) is 57.0 Å². The zero-order valence-corrected chi connectivity index (χ0v) is 19.9. The van der Waals surface area contributed by atoms with Crippen LogP contribution in [0.3, 0.4) is 0 Å². The summed E-state index contributed by atoms with van der Waals surface area (Å²) in [7, 11) is -3.72. The summed E-state index contributed by atoms with van der Waals surface area (Å²) in [6, 6.07) is 12.7. The minimum Gasteiger partial charge on any atom is -0.450 e. The Labute approximate surface area is 198 Å². The van der Waals surface area contributed by atoms with Crippen molar-refractivity contribution in [3.05, 3.63) is 59.7 Å². The van der Waals surface area contributed by atoms with Crippen molar-refractivity contribution in [2.45, 2.75) is 31.6 Å². The third-order valence-corrected chi connectivity index (χ3v) is 7.24. The summed E-state index contributed by atoms with van der Waals surface area (Å²) in [6.45, 7) is 4.11. The SMILES string of the molecule is CCOC(=O)Nc1cccc(C(=O)NNC(=O)C2CCCN(S(=O)(=O)c3ccc(C)cc3)C2)c1. The van der Waals surface area contributed by atoms with E-state index in [1.54, 1.807) is 43.3 Å². The summed E-state index contributed by atoms with van der Waals surface area (Å²) in [6.07, 6.45) is 0.384. The van der Waals surface area contributed by atoms with E-state index >= 15 is 0 Å². The average molecular weight is 489 g/mol. The molecule has 0 aromatic heterocycles. The smallest absolute Gasteiger partial charge is 0.411 e. The van der Waals surface area contributed by atoms with Crippen molar-refractivity contribution in [3.63, 3.8) is 0 Å². The van der Waals surface area contributed by atoms with Crippen LogP contribution in [-0.4, -0.2) is 50.3 Å². The van der Waals surface area contributed by atoms with E-state index in [1.807, 2.05) is 6.92 Å². The molecule has 182 valence electrons. The van der Waals surface area contributed by atoms with Gasteiger partial charge in [0.05, 0.1) is 17.4 Å². The first-order chi connectivity index (χ1) is 16.2. The summed E-state index contributed by atoms with van der Waals surface area (Å²) in [4.78, 5) is 36.8. The monoisotopic (exact) mass is 488 g/mol. The Kier molecular flexibility index (Phi) is 8.24. The van der Waals surface area contributed by atoms with Gasteiger partial charge >= 0.3 is 6.09 Å². The number of hydrazine groups is 1. The van der Waals surface area contributed by atoms with Gasteiger partial charge < -0.3 is 4.74 Å². The van der Waals surface area contributed by atoms with E-state index < -0.39 is 33.8 Å². The van der Waals surface area contributed by atoms with Crippen LogP contribution in [0.5, 0.6) is 0 Å². The largest absolute Gasteiger partial charge is 0.450 e. The van der Waals surface area contributed by atoms with E-state index in [2.05, 4.69) is 16.2 Å². The lowest BCUT2D eigenvalue weighted by Gasteiger charge is -2.31. The van der Waals surface area contributed by atoms with Crippen LogP contribution < -0.4 is 16.2 Å². The number of rotatable bonds is 6. The number of carbonyl (C=O) groups is 3. The minimum atomic E-state index is -3.72. The molecule has 11 heteroatoms. The zero-order valence-electron chi connectivity index (χ0n) is 19.0. The Morgan fingerprint density at radius 1 is 1.09 bits per heavy atom. The van der Waals surface area contributed by atoms with Crippen molar-refractivity contribution in [2.75, 3.05) is 25.0 Å². The minimum absolute atomic E-state index is 0.0247. The molecule has 10 nitrogen and oxygen atoms in total. The summed E-state index contributed by atoms with van der Waals surface area (Å²) >= 11 is 0. The highest BCUT2D eigenvalue weighted by atomic mass is 32.2. The molecule has 1 saturated heterocycles. The third kappa shape index (κ3) is 6.33. The van der Waals surface area contributed by atoms with Crippen LogP contribution in [0.25, 0.3) is 0 Å². The number of anilines is 1. The molecule has 0 spiro atoms. The number of amides is 3. The van der Waals surface area contributed by atoms with Crippen LogP contribution in [-0.2, 0) is 19.6 Å². The molecule has 1 aliphatic rings. The number of aryl methyl sites for hydroxylation is 1. The number of carbonyl (C=O) groups excluding carboxylic acids is 3. The van der Waals surface area contributed by atoms with Gasteiger partial charge in [-0.25, -0.2) is 13.2 Å². The average Bonchev–Trinajstić information content (AvgIpc) is 2.83. The predicted octanol–water partition coefficient (Wildman–Crippen LogP) is 2.43. The van der Waals surface area contributed by atoms with Gasteiger partial charge in [0.2, 0.25) is 15.9 Å². The molecule has 2 aromatic carbocycles. The maximum atomic E-state index is 13.0. The Balaban J connectivity index is 1.58. The molecule has 1 fully saturated rings. The molecule has 0 aliphatic carbocycles. The predicted molar refractivity (Wildman–Crippen MR) is 125 cm³/mol. The van der Waals surface area contributed by atoms with E-state index in [-0.39, 0.29) is 23.6 Å². The van der Waals surface area contributed by atoms with Crippen LogP contribution in [0.1, 0.15) is 35.7 Å². The van der Waals surface area contributed by atoms with Crippen LogP contribution >= 0.6 is 0 Å². The lowest BCUT2D eigenvalue weighted by Crippen LogP contribution is -2.50. The topological polar surface area (TPSA) is 134 Å². The fourth-order valence-electron chi connectivity index (χ4n) is 3.55. The molecule has 3 N–H and O–H groups in total. The molecule has 1 unspecified atom stereocenters. The highest BCUT2D eigenvalue weighted by molar-refractivity contribution is 7.89. The standard InChI is InChI=1S/C23H28N4O6S/c1-3-33-23(30)24-19-8-4-6-17(14-19)21(28)25-26-22(29)18-7-5-13-27(15-18)34(31,32)20-11-9-16(2)10-12-20/h4,6,8-12,14,18H,3,5,7,13,15H2,1-2H3,(H,24,30)(H,25,28)(H,26,29). The van der Waals surface area contributed by atoms with E-state index in [0.717, 1.165) is 5.56 Å². The van der Waals surface area contributed by atoms with Crippen LogP contribution in [0.15, 0.2) is 53.4 Å². The van der Waals surface area contributed by atoms with Gasteiger partial charge in [-0.15, -0.1) is 0 Å². The maximum Gasteiger partial charge on any atom is 0.411 e. The molecule has 0 saturated carbocycles. The second-order valence-corrected chi connectivity index (χ2v) is 9.82. The molecule has 1 heterocycles. The van der Waals surface area contributed by atoms with E-state index in [1.165, 1.54) is 16.4 Å². The Hall–Kier alpha value is -3.44. The van der Waals surface area contributed by atoms with Crippen molar-refractivity contribution in [2.24, 2.45) is 5.92 Å². The van der Waals surface area contributed by atoms with Gasteiger partial charge in [-0.2, -0.15) is 4.31 Å². The number of nitrogens with zero attached hydrogens (tertiary/aromatic N) is 1. The number of ether oxygens (including phenoxy) is 1. The number of benzene rings is 2. The number of sulfonamides is 1. The molecule has 2 aromatic rings. The highest BCUT2D eigenvalue weighted by Crippen LogP contribution is 2.24. The molecule has 3 rings (SSSR count). The van der Waals surface area contributed by atoms with Crippen molar-refractivity contribution >= 4 is 33.6 Å². The molecule has 3 amide bonds. The van der Waals surface area contributed by atoms with Crippen LogP contribution in [0, 0.1) is 12.8 Å². The van der Waals surface area contributed by atoms with Crippen molar-refractivity contribution in [1.82, 2.24) is 15.2 Å². The van der Waals surface area contributed by atoms with E-state index in [0.29, 0.717) is 25.1 Å². The Bertz CT molecular complexity index is 1150. The second-order valence-electron chi connectivity index (χ2n) is 7.88. The second kappa shape index (κ2) is 11.1. The van der Waals surface area contributed by atoms with Gasteiger partial charge in [0.15, 0.2) is 0 Å². The molecule has 1 atom stereocenters. The summed E-state index contributed by atoms with van der Waals surface area (Å²) < 4.78 is 32.0. The first-order valence-corrected chi connectivity index (χ1v) is 12.4. The Morgan fingerprint density at radius 3 is 2.53 bits per heavy atom. The maximum absolute atomic E-state index is 13.0. The fraction of sp³-hybridized carbons (Fsp3) is 0.348. The van der Waals surface area contributed by atoms with Crippen molar-refractivity contribution < 1.29 is 27.5 Å². The first-order valence-electron chi connectivity index (χ1n) is 10.9. The molecule has 34 heavy (non-hydrogen) atoms. The highest BCUT2D eigenvalue weighted by Gasteiger charge is 2.33. The molecular formula is C23H28N4O6S. The molecule has 0 bridgehead atoms. The normalized spacial score (nSPS) is 16.4. The number of nitrogens with one attached hydrogen (secondary N) is 3. The molecule has 1 aliphatic heterocycles. The summed E-state index contributed by atoms with van der Waals surface area (Å²) in [5, 5.41) is 2.50. The summed E-state index contributed by atoms with van der Waals surface area (Å²) in [5.41, 5.74) is 6.25. The van der Waals surface area contributed by atoms with Gasteiger partial charge in [0.25, 0.3) is 5.91 Å². The van der Waals surface area contributed by atoms with Gasteiger partial charge in [0, 0.05) is 24.3 Å². The van der Waals surface area contributed by atoms with Gasteiger partial charge in [-0.1, -0.05) is 23.8 Å². The van der Waals surface area contributed by atoms with Gasteiger partial charge in [0.1, 0.15) is 0 Å². The number of hydrogen-bond acceptors (Lipinski definition) is 6. The zero-order chi connectivity index (χ0) is 24.7. The fourth-order valence-corrected chi connectivity index (χ4v) is 5.07. The van der Waals surface area contributed by atoms with Gasteiger partial charge in [-0.3, -0.25) is 25.8 Å². The van der Waals surface area contributed by atoms with Crippen LogP contribution in [0.2, 0.25) is 0 Å². The lowest BCUT2D eigenvalue weighted by molar-refractivity contribution is -0.126. The summed E-state index contributed by atoms with van der Waals surface area (Å²) in [5.74, 6) is -1.66. The molecular weight excluding hydrogens is 460 g/mol. The quantitative estimate of drug-likeness (QED) is 0.535. The molecule has 0 radical (unpaired) electrons. The van der Waals surface area contributed by atoms with Crippen molar-refractivity contribution in [3.8, 4) is 0 Å². The Morgan fingerprint density at radius 2 is 1.82 bits per heavy atom. The van der Waals surface area contributed by atoms with E-state index in [9.17, 15) is 22.8 Å². The third-order valence-electron chi connectivity index (χ3n) is 5.36. The number of piperidine rings is 1. The first kappa shape index (κ1) is 25.2. The van der Waals surface area contributed by atoms with Crippen molar-refractivity contribution in [1.29, 1.82) is 0 Å². The van der Waals surface area contributed by atoms with E-state index in [4.69, 9.17) is 4.74 Å². The lowest BCUT2D eigenvalue weighted by atomic mass is 9.99.